The first-order valence-electron chi connectivity index (χ1n) is 5.81. The second-order valence-corrected chi connectivity index (χ2v) is 5.13. The van der Waals surface area contributed by atoms with Crippen molar-refractivity contribution in [3.63, 3.8) is 0 Å². The van der Waals surface area contributed by atoms with E-state index in [1.54, 1.807) is 39.8 Å². The Bertz CT molecular complexity index is 392. The first kappa shape index (κ1) is 14.3. The summed E-state index contributed by atoms with van der Waals surface area (Å²) in [6.07, 6.45) is 1.69. The van der Waals surface area contributed by atoms with Crippen LogP contribution in [0, 0.1) is 5.92 Å². The van der Waals surface area contributed by atoms with Gasteiger partial charge in [-0.25, -0.2) is 4.79 Å². The van der Waals surface area contributed by atoms with Gasteiger partial charge >= 0.3 is 6.09 Å². The summed E-state index contributed by atoms with van der Waals surface area (Å²) in [5.41, 5.74) is -0.581. The maximum Gasteiger partial charge on any atom is 0.408 e. The summed E-state index contributed by atoms with van der Waals surface area (Å²) in [6.45, 7) is 7.03. The van der Waals surface area contributed by atoms with E-state index in [0.29, 0.717) is 5.76 Å². The molecule has 0 aliphatic rings. The van der Waals surface area contributed by atoms with E-state index in [4.69, 9.17) is 9.15 Å². The number of ether oxygens (including phenoxy) is 1. The van der Waals surface area contributed by atoms with Gasteiger partial charge in [0.15, 0.2) is 0 Å². The van der Waals surface area contributed by atoms with Gasteiger partial charge in [-0.1, -0.05) is 6.92 Å². The summed E-state index contributed by atoms with van der Waals surface area (Å²) in [5.74, 6) is 0.129. The molecule has 2 atom stereocenters. The van der Waals surface area contributed by atoms with Crippen molar-refractivity contribution in [2.45, 2.75) is 39.3 Å². The highest BCUT2D eigenvalue weighted by molar-refractivity contribution is 5.69. The summed E-state index contributed by atoms with van der Waals surface area (Å²) >= 11 is 0. The largest absolute Gasteiger partial charge is 0.467 e. The molecule has 0 bridgehead atoms. The van der Waals surface area contributed by atoms with Crippen LogP contribution in [0.5, 0.6) is 0 Å². The molecule has 1 aromatic heterocycles. The van der Waals surface area contributed by atoms with Crippen LogP contribution in [0.25, 0.3) is 0 Å². The maximum atomic E-state index is 11.7. The Balaban J connectivity index is 2.74. The first-order valence-corrected chi connectivity index (χ1v) is 5.81. The molecule has 0 saturated carbocycles. The molecule has 0 aromatic carbocycles. The van der Waals surface area contributed by atoms with Crippen LogP contribution in [0.2, 0.25) is 0 Å². The van der Waals surface area contributed by atoms with Crippen LogP contribution in [-0.4, -0.2) is 18.0 Å². The third-order valence-electron chi connectivity index (χ3n) is 2.26. The molecule has 0 unspecified atom stereocenters. The van der Waals surface area contributed by atoms with Gasteiger partial charge in [0, 0.05) is 5.92 Å². The molecule has 0 saturated heterocycles. The molecule has 0 aliphatic heterocycles. The summed E-state index contributed by atoms with van der Waals surface area (Å²) in [4.78, 5) is 22.6. The molecule has 0 aliphatic carbocycles. The summed E-state index contributed by atoms with van der Waals surface area (Å²) in [5, 5.41) is 2.64. The molecule has 1 heterocycles. The van der Waals surface area contributed by atoms with Crippen molar-refractivity contribution in [3.05, 3.63) is 24.2 Å². The van der Waals surface area contributed by atoms with Gasteiger partial charge in [-0.3, -0.25) is 0 Å². The minimum Gasteiger partial charge on any atom is -0.467 e. The monoisotopic (exact) mass is 253 g/mol. The van der Waals surface area contributed by atoms with Crippen LogP contribution in [0.3, 0.4) is 0 Å². The average molecular weight is 253 g/mol. The average Bonchev–Trinajstić information content (AvgIpc) is 2.75. The van der Waals surface area contributed by atoms with Crippen molar-refractivity contribution >= 4 is 12.4 Å². The summed E-state index contributed by atoms with van der Waals surface area (Å²) in [7, 11) is 0. The molecule has 1 N–H and O–H groups in total. The lowest BCUT2D eigenvalue weighted by Crippen LogP contribution is -2.37. The minimum atomic E-state index is -0.581. The predicted molar refractivity (Wildman–Crippen MR) is 66.0 cm³/mol. The van der Waals surface area contributed by atoms with Crippen molar-refractivity contribution in [2.75, 3.05) is 0 Å². The number of hydrogen-bond donors (Lipinski definition) is 1. The van der Waals surface area contributed by atoms with Gasteiger partial charge in [-0.15, -0.1) is 0 Å². The van der Waals surface area contributed by atoms with Gasteiger partial charge in [0.2, 0.25) is 0 Å². The number of carbonyl (C=O) groups is 2. The fourth-order valence-corrected chi connectivity index (χ4v) is 1.44. The number of alkyl carbamates (subject to hydrolysis) is 1. The van der Waals surface area contributed by atoms with Gasteiger partial charge in [0.1, 0.15) is 17.6 Å². The van der Waals surface area contributed by atoms with Crippen molar-refractivity contribution in [1.29, 1.82) is 0 Å². The molecular formula is C13H19NO4. The van der Waals surface area contributed by atoms with E-state index in [-0.39, 0.29) is 0 Å². The highest BCUT2D eigenvalue weighted by atomic mass is 16.6. The van der Waals surface area contributed by atoms with Gasteiger partial charge in [-0.2, -0.15) is 0 Å². The normalized spacial score (nSPS) is 14.7. The number of amides is 1. The molecule has 5 nitrogen and oxygen atoms in total. The fourth-order valence-electron chi connectivity index (χ4n) is 1.44. The number of nitrogens with one attached hydrogen (secondary N) is 1. The Morgan fingerprint density at radius 1 is 1.50 bits per heavy atom. The quantitative estimate of drug-likeness (QED) is 0.837. The predicted octanol–water partition coefficient (Wildman–Crippen LogP) is 2.68. The van der Waals surface area contributed by atoms with E-state index in [9.17, 15) is 9.59 Å². The number of carbonyl (C=O) groups excluding carboxylic acids is 2. The van der Waals surface area contributed by atoms with E-state index in [1.165, 1.54) is 6.26 Å². The molecule has 1 rings (SSSR count). The van der Waals surface area contributed by atoms with Gasteiger partial charge in [0.25, 0.3) is 0 Å². The van der Waals surface area contributed by atoms with Gasteiger partial charge < -0.3 is 19.3 Å². The topological polar surface area (TPSA) is 68.5 Å². The zero-order valence-corrected chi connectivity index (χ0v) is 11.1. The van der Waals surface area contributed by atoms with Crippen LogP contribution in [-0.2, 0) is 9.53 Å². The third-order valence-corrected chi connectivity index (χ3v) is 2.26. The number of rotatable bonds is 4. The fraction of sp³-hybridized carbons (Fsp3) is 0.538. The van der Waals surface area contributed by atoms with E-state index in [1.807, 2.05) is 0 Å². The molecule has 0 spiro atoms. The van der Waals surface area contributed by atoms with Crippen molar-refractivity contribution in [3.8, 4) is 0 Å². The Kier molecular flexibility index (Phi) is 4.53. The second kappa shape index (κ2) is 5.71. The number of aldehydes is 1. The molecule has 5 heteroatoms. The van der Waals surface area contributed by atoms with Crippen molar-refractivity contribution in [1.82, 2.24) is 5.32 Å². The molecule has 1 aromatic rings. The lowest BCUT2D eigenvalue weighted by molar-refractivity contribution is -0.111. The zero-order chi connectivity index (χ0) is 13.8. The highest BCUT2D eigenvalue weighted by Gasteiger charge is 2.26. The van der Waals surface area contributed by atoms with E-state index >= 15 is 0 Å². The molecule has 0 radical (unpaired) electrons. The lowest BCUT2D eigenvalue weighted by atomic mass is 10.0. The Morgan fingerprint density at radius 2 is 2.17 bits per heavy atom. The molecule has 1 amide bonds. The van der Waals surface area contributed by atoms with E-state index in [2.05, 4.69) is 5.32 Å². The second-order valence-electron chi connectivity index (χ2n) is 5.13. The summed E-state index contributed by atoms with van der Waals surface area (Å²) < 4.78 is 10.4. The number of furan rings is 1. The zero-order valence-electron chi connectivity index (χ0n) is 11.1. The first-order chi connectivity index (χ1) is 8.33. The van der Waals surface area contributed by atoms with Crippen molar-refractivity contribution in [2.24, 2.45) is 5.92 Å². The Morgan fingerprint density at radius 3 is 2.61 bits per heavy atom. The molecule has 0 fully saturated rings. The highest BCUT2D eigenvalue weighted by Crippen LogP contribution is 2.21. The standard InChI is InChI=1S/C13H19NO4/c1-9(8-15)11(10-6-5-7-17-10)14-12(16)18-13(2,3)4/h5-9,11H,1-4H3,(H,14,16)/t9-,11+/m0/s1. The third kappa shape index (κ3) is 4.24. The lowest BCUT2D eigenvalue weighted by Gasteiger charge is -2.24. The summed E-state index contributed by atoms with van der Waals surface area (Å²) in [6, 6.07) is 2.89. The van der Waals surface area contributed by atoms with Crippen LogP contribution >= 0.6 is 0 Å². The van der Waals surface area contributed by atoms with Gasteiger partial charge in [-0.05, 0) is 32.9 Å². The van der Waals surface area contributed by atoms with Crippen LogP contribution in [0.4, 0.5) is 4.79 Å². The van der Waals surface area contributed by atoms with Crippen LogP contribution in [0.1, 0.15) is 39.5 Å². The van der Waals surface area contributed by atoms with E-state index in [0.717, 1.165) is 6.29 Å². The molecule has 100 valence electrons. The molecular weight excluding hydrogens is 234 g/mol. The minimum absolute atomic E-state index is 0.399. The number of hydrogen-bond acceptors (Lipinski definition) is 4. The van der Waals surface area contributed by atoms with E-state index < -0.39 is 23.7 Å². The Labute approximate surface area is 106 Å². The van der Waals surface area contributed by atoms with Crippen LogP contribution in [0.15, 0.2) is 22.8 Å². The smallest absolute Gasteiger partial charge is 0.408 e. The Hall–Kier alpha value is -1.78. The van der Waals surface area contributed by atoms with Crippen LogP contribution < -0.4 is 5.32 Å². The maximum absolute atomic E-state index is 11.7. The van der Waals surface area contributed by atoms with Crippen molar-refractivity contribution < 1.29 is 18.7 Å². The SMILES string of the molecule is C[C@@H](C=O)[C@@H](NC(=O)OC(C)(C)C)c1ccco1. The molecule has 18 heavy (non-hydrogen) atoms. The van der Waals surface area contributed by atoms with Gasteiger partial charge in [0.05, 0.1) is 12.3 Å².